The van der Waals surface area contributed by atoms with Crippen LogP contribution >= 0.6 is 23.2 Å². The van der Waals surface area contributed by atoms with E-state index in [2.05, 4.69) is 0 Å². The molecule has 0 spiro atoms. The van der Waals surface area contributed by atoms with E-state index in [4.69, 9.17) is 42.5 Å². The predicted molar refractivity (Wildman–Crippen MR) is 137 cm³/mol. The van der Waals surface area contributed by atoms with Crippen molar-refractivity contribution in [3.8, 4) is 11.5 Å². The summed E-state index contributed by atoms with van der Waals surface area (Å²) in [6, 6.07) is 16.5. The molecule has 3 aromatic carbocycles. The van der Waals surface area contributed by atoms with Crippen LogP contribution in [-0.2, 0) is 28.1 Å². The van der Waals surface area contributed by atoms with Gasteiger partial charge in [-0.25, -0.2) is 0 Å². The Bertz CT molecular complexity index is 1250. The normalized spacial score (nSPS) is 17.0. The summed E-state index contributed by atoms with van der Waals surface area (Å²) in [6.07, 6.45) is 0. The van der Waals surface area contributed by atoms with Crippen LogP contribution in [0.25, 0.3) is 0 Å². The highest BCUT2D eigenvalue weighted by atomic mass is 35.5. The van der Waals surface area contributed by atoms with Crippen molar-refractivity contribution in [2.75, 3.05) is 32.3 Å². The van der Waals surface area contributed by atoms with Crippen molar-refractivity contribution >= 4 is 34.8 Å². The molecule has 3 aromatic rings. The number of hydrogen-bond acceptors (Lipinski definition) is 5. The number of ether oxygens (including phenoxy) is 3. The van der Waals surface area contributed by atoms with E-state index in [1.807, 2.05) is 43.3 Å². The Morgan fingerprint density at radius 1 is 0.971 bits per heavy atom. The number of rotatable bonds is 9. The van der Waals surface area contributed by atoms with Gasteiger partial charge >= 0.3 is 0 Å². The van der Waals surface area contributed by atoms with Gasteiger partial charge in [0.15, 0.2) is 0 Å². The second-order valence-corrected chi connectivity index (χ2v) is 9.29. The minimum atomic E-state index is -1.07. The molecule has 0 saturated carbocycles. The molecule has 8 heteroatoms. The zero-order valence-electron chi connectivity index (χ0n) is 19.8. The lowest BCUT2D eigenvalue weighted by Crippen LogP contribution is -2.39. The summed E-state index contributed by atoms with van der Waals surface area (Å²) in [5.74, 6) is 1.17. The van der Waals surface area contributed by atoms with Crippen LogP contribution in [0.1, 0.15) is 29.2 Å². The number of carbonyl (C=O) groups is 1. The van der Waals surface area contributed by atoms with Gasteiger partial charge in [0.05, 0.1) is 40.6 Å². The first kappa shape index (κ1) is 25.3. The molecular weight excluding hydrogens is 489 g/mol. The second-order valence-electron chi connectivity index (χ2n) is 8.45. The molecule has 1 heterocycles. The summed E-state index contributed by atoms with van der Waals surface area (Å²) < 4.78 is 16.4. The number of benzene rings is 3. The largest absolute Gasteiger partial charge is 0.497 e. The van der Waals surface area contributed by atoms with Crippen LogP contribution in [0.2, 0.25) is 10.0 Å². The quantitative estimate of drug-likeness (QED) is 0.388. The lowest BCUT2D eigenvalue weighted by Gasteiger charge is -2.27. The van der Waals surface area contributed by atoms with E-state index in [1.54, 1.807) is 37.3 Å². The molecule has 0 fully saturated rings. The van der Waals surface area contributed by atoms with Crippen molar-refractivity contribution in [1.82, 2.24) is 0 Å². The van der Waals surface area contributed by atoms with Crippen molar-refractivity contribution in [2.24, 2.45) is 0 Å². The van der Waals surface area contributed by atoms with Crippen LogP contribution in [0.4, 0.5) is 5.69 Å². The zero-order valence-corrected chi connectivity index (χ0v) is 21.3. The molecule has 1 aliphatic rings. The summed E-state index contributed by atoms with van der Waals surface area (Å²) in [7, 11) is 3.18. The van der Waals surface area contributed by atoms with Crippen LogP contribution in [0.3, 0.4) is 0 Å². The highest BCUT2D eigenvalue weighted by Crippen LogP contribution is 2.49. The molecular formula is C27H27Cl2NO5. The van der Waals surface area contributed by atoms with E-state index in [0.717, 1.165) is 22.4 Å². The number of nitrogens with zero attached hydrogens (tertiary/aromatic N) is 1. The molecule has 0 aliphatic carbocycles. The van der Waals surface area contributed by atoms with Crippen molar-refractivity contribution in [3.63, 3.8) is 0 Å². The average Bonchev–Trinajstić information content (AvgIpc) is 3.07. The van der Waals surface area contributed by atoms with E-state index in [0.29, 0.717) is 40.3 Å². The van der Waals surface area contributed by atoms with Crippen molar-refractivity contribution in [3.05, 3.63) is 86.9 Å². The number of anilines is 1. The highest BCUT2D eigenvalue weighted by Gasteiger charge is 2.49. The molecule has 1 atom stereocenters. The van der Waals surface area contributed by atoms with Crippen molar-refractivity contribution < 1.29 is 24.1 Å². The molecule has 1 N–H and O–H groups in total. The molecule has 0 radical (unpaired) electrons. The van der Waals surface area contributed by atoms with Crippen molar-refractivity contribution in [2.45, 2.75) is 25.5 Å². The van der Waals surface area contributed by atoms with Gasteiger partial charge in [-0.15, -0.1) is 0 Å². The number of hydrogen-bond donors (Lipinski definition) is 1. The molecule has 1 unspecified atom stereocenters. The minimum Gasteiger partial charge on any atom is -0.497 e. The summed E-state index contributed by atoms with van der Waals surface area (Å²) in [4.78, 5) is 15.9. The Balaban J connectivity index is 1.79. The molecule has 4 rings (SSSR count). The van der Waals surface area contributed by atoms with E-state index < -0.39 is 5.41 Å². The number of carbonyl (C=O) groups excluding carboxylic acids is 1. The number of methoxy groups -OCH3 is 2. The highest BCUT2D eigenvalue weighted by molar-refractivity contribution is 6.32. The second kappa shape index (κ2) is 10.5. The van der Waals surface area contributed by atoms with Gasteiger partial charge in [-0.2, -0.15) is 0 Å². The third kappa shape index (κ3) is 4.71. The predicted octanol–water partition coefficient (Wildman–Crippen LogP) is 5.37. The topological polar surface area (TPSA) is 68.2 Å². The Hall–Kier alpha value is -2.77. The van der Waals surface area contributed by atoms with Crippen LogP contribution in [0.5, 0.6) is 11.5 Å². The maximum Gasteiger partial charge on any atom is 0.242 e. The maximum absolute atomic E-state index is 14.1. The molecule has 1 aliphatic heterocycles. The van der Waals surface area contributed by atoms with Crippen LogP contribution in [0, 0.1) is 0 Å². The fourth-order valence-corrected chi connectivity index (χ4v) is 4.99. The van der Waals surface area contributed by atoms with E-state index in [9.17, 15) is 4.79 Å². The summed E-state index contributed by atoms with van der Waals surface area (Å²) in [5.41, 5.74) is 2.83. The minimum absolute atomic E-state index is 0.0632. The lowest BCUT2D eigenvalue weighted by molar-refractivity contribution is -0.121. The maximum atomic E-state index is 14.1. The van der Waals surface area contributed by atoms with E-state index in [1.165, 1.54) is 0 Å². The van der Waals surface area contributed by atoms with Gasteiger partial charge in [-0.05, 0) is 60.0 Å². The number of amides is 1. The Morgan fingerprint density at radius 3 is 2.49 bits per heavy atom. The number of aliphatic hydroxyl groups is 1. The molecule has 0 saturated heterocycles. The fraction of sp³-hybridized carbons (Fsp3) is 0.296. The Kier molecular flexibility index (Phi) is 7.57. The first-order chi connectivity index (χ1) is 16.8. The standard InChI is InChI=1S/C27H27Cl2NO5/c1-27(21-12-17(4-8-23(21)29)16-35-11-10-31)22-13-19(28)6-9-24(22)30(26(27)32)15-18-5-7-20(33-2)14-25(18)34-3/h4-9,12-14,31H,10-11,15-16H2,1-3H3. The molecule has 0 bridgehead atoms. The van der Waals surface area contributed by atoms with Crippen LogP contribution in [-0.4, -0.2) is 38.4 Å². The summed E-state index contributed by atoms with van der Waals surface area (Å²) >= 11 is 13.1. The third-order valence-corrected chi connectivity index (χ3v) is 6.92. The molecule has 6 nitrogen and oxygen atoms in total. The smallest absolute Gasteiger partial charge is 0.242 e. The molecule has 0 aromatic heterocycles. The van der Waals surface area contributed by atoms with Gasteiger partial charge < -0.3 is 24.2 Å². The molecule has 35 heavy (non-hydrogen) atoms. The third-order valence-electron chi connectivity index (χ3n) is 6.36. The first-order valence-corrected chi connectivity index (χ1v) is 11.9. The fourth-order valence-electron chi connectivity index (χ4n) is 4.51. The van der Waals surface area contributed by atoms with Gasteiger partial charge in [0.2, 0.25) is 5.91 Å². The monoisotopic (exact) mass is 515 g/mol. The zero-order chi connectivity index (χ0) is 25.2. The molecule has 184 valence electrons. The lowest BCUT2D eigenvalue weighted by atomic mass is 9.76. The van der Waals surface area contributed by atoms with Gasteiger partial charge in [-0.1, -0.05) is 35.3 Å². The van der Waals surface area contributed by atoms with Crippen molar-refractivity contribution in [1.29, 1.82) is 0 Å². The average molecular weight is 516 g/mol. The van der Waals surface area contributed by atoms with Crippen LogP contribution in [0.15, 0.2) is 54.6 Å². The molecule has 1 amide bonds. The first-order valence-electron chi connectivity index (χ1n) is 11.1. The van der Waals surface area contributed by atoms with Gasteiger partial charge in [0, 0.05) is 27.4 Å². The summed E-state index contributed by atoms with van der Waals surface area (Å²) in [6.45, 7) is 2.63. The van der Waals surface area contributed by atoms with Crippen LogP contribution < -0.4 is 14.4 Å². The summed E-state index contributed by atoms with van der Waals surface area (Å²) in [5, 5.41) is 10.0. The number of aliphatic hydroxyl groups excluding tert-OH is 1. The van der Waals surface area contributed by atoms with Gasteiger partial charge in [-0.3, -0.25) is 4.79 Å². The van der Waals surface area contributed by atoms with Gasteiger partial charge in [0.1, 0.15) is 16.9 Å². The van der Waals surface area contributed by atoms with E-state index in [-0.39, 0.29) is 19.1 Å². The number of halogens is 2. The Morgan fingerprint density at radius 2 is 1.77 bits per heavy atom. The van der Waals surface area contributed by atoms with E-state index >= 15 is 0 Å². The number of fused-ring (bicyclic) bond motifs is 1. The SMILES string of the molecule is COc1ccc(CN2C(=O)C(C)(c3cc(COCCO)ccc3Cl)c3cc(Cl)ccc32)c(OC)c1. The Labute approximate surface area is 214 Å². The van der Waals surface area contributed by atoms with Gasteiger partial charge in [0.25, 0.3) is 0 Å².